The molecule has 3 aromatic rings. The zero-order valence-electron chi connectivity index (χ0n) is 13.9. The first-order valence-corrected chi connectivity index (χ1v) is 9.04. The van der Waals surface area contributed by atoms with E-state index in [2.05, 4.69) is 0 Å². The van der Waals surface area contributed by atoms with Crippen molar-refractivity contribution in [3.63, 3.8) is 0 Å². The summed E-state index contributed by atoms with van der Waals surface area (Å²) in [4.78, 5) is 19.8. The third-order valence-electron chi connectivity index (χ3n) is 4.04. The number of rotatable bonds is 5. The van der Waals surface area contributed by atoms with E-state index < -0.39 is 0 Å². The van der Waals surface area contributed by atoms with Crippen molar-refractivity contribution in [3.8, 4) is 11.1 Å². The van der Waals surface area contributed by atoms with Gasteiger partial charge in [0.1, 0.15) is 10.7 Å². The molecular formula is C18H19ClN2O2S. The molecule has 0 aliphatic heterocycles. The maximum atomic E-state index is 13.1. The summed E-state index contributed by atoms with van der Waals surface area (Å²) in [6.45, 7) is 5.04. The van der Waals surface area contributed by atoms with Gasteiger partial charge in [0.15, 0.2) is 0 Å². The molecule has 126 valence electrons. The number of methoxy groups -OCH3 is 1. The van der Waals surface area contributed by atoms with Crippen LogP contribution in [0.5, 0.6) is 0 Å². The van der Waals surface area contributed by atoms with Gasteiger partial charge in [-0.3, -0.25) is 9.36 Å². The maximum Gasteiger partial charge on any atom is 0.262 e. The molecule has 2 heterocycles. The van der Waals surface area contributed by atoms with Crippen LogP contribution in [-0.2, 0) is 17.7 Å². The summed E-state index contributed by atoms with van der Waals surface area (Å²) in [5.74, 6) is 0.799. The molecule has 2 aromatic heterocycles. The van der Waals surface area contributed by atoms with Gasteiger partial charge in [0.25, 0.3) is 5.56 Å². The van der Waals surface area contributed by atoms with Crippen molar-refractivity contribution in [1.29, 1.82) is 0 Å². The number of nitrogens with zero attached hydrogens (tertiary/aromatic N) is 2. The van der Waals surface area contributed by atoms with Gasteiger partial charge in [0, 0.05) is 29.0 Å². The van der Waals surface area contributed by atoms with Crippen LogP contribution in [-0.4, -0.2) is 23.3 Å². The minimum Gasteiger partial charge on any atom is -0.383 e. The predicted molar refractivity (Wildman–Crippen MR) is 100 cm³/mol. The molecule has 0 aliphatic carbocycles. The van der Waals surface area contributed by atoms with E-state index >= 15 is 0 Å². The monoisotopic (exact) mass is 362 g/mol. The molecular weight excluding hydrogens is 344 g/mol. The Hall–Kier alpha value is -1.69. The lowest BCUT2D eigenvalue weighted by Gasteiger charge is -2.11. The molecule has 0 saturated heterocycles. The Bertz CT molecular complexity index is 929. The van der Waals surface area contributed by atoms with E-state index in [4.69, 9.17) is 21.3 Å². The lowest BCUT2D eigenvalue weighted by atomic mass is 10.0. The summed E-state index contributed by atoms with van der Waals surface area (Å²) < 4.78 is 6.88. The van der Waals surface area contributed by atoms with Gasteiger partial charge in [0.2, 0.25) is 0 Å². The Balaban J connectivity index is 2.29. The summed E-state index contributed by atoms with van der Waals surface area (Å²) in [5.41, 5.74) is 1.95. The first-order valence-electron chi connectivity index (χ1n) is 7.84. The SMILES string of the molecule is CCc1nc2sc(C)c(-c3ccc(Cl)cc3)c2c(=O)n1CCOC. The molecule has 0 aliphatic rings. The molecule has 24 heavy (non-hydrogen) atoms. The molecule has 0 spiro atoms. The number of thiophene rings is 1. The quantitative estimate of drug-likeness (QED) is 0.679. The topological polar surface area (TPSA) is 44.1 Å². The van der Waals surface area contributed by atoms with Crippen LogP contribution in [0.2, 0.25) is 5.02 Å². The normalized spacial score (nSPS) is 11.3. The number of hydrogen-bond donors (Lipinski definition) is 0. The molecule has 0 atom stereocenters. The molecule has 1 aromatic carbocycles. The number of benzene rings is 1. The predicted octanol–water partition coefficient (Wildman–Crippen LogP) is 4.30. The van der Waals surface area contributed by atoms with Crippen molar-refractivity contribution in [1.82, 2.24) is 9.55 Å². The molecule has 0 fully saturated rings. The number of hydrogen-bond acceptors (Lipinski definition) is 4. The van der Waals surface area contributed by atoms with Crippen LogP contribution >= 0.6 is 22.9 Å². The number of ether oxygens (including phenoxy) is 1. The van der Waals surface area contributed by atoms with Crippen LogP contribution in [0, 0.1) is 6.92 Å². The Morgan fingerprint density at radius 1 is 1.29 bits per heavy atom. The molecule has 0 bridgehead atoms. The molecule has 0 saturated carbocycles. The fourth-order valence-corrected chi connectivity index (χ4v) is 4.06. The second-order valence-electron chi connectivity index (χ2n) is 5.55. The highest BCUT2D eigenvalue weighted by Crippen LogP contribution is 2.36. The number of aryl methyl sites for hydroxylation is 2. The van der Waals surface area contributed by atoms with Crippen molar-refractivity contribution in [2.75, 3.05) is 13.7 Å². The third kappa shape index (κ3) is 2.99. The van der Waals surface area contributed by atoms with Crippen molar-refractivity contribution in [2.24, 2.45) is 0 Å². The summed E-state index contributed by atoms with van der Waals surface area (Å²) in [5, 5.41) is 1.37. The molecule has 0 radical (unpaired) electrons. The van der Waals surface area contributed by atoms with E-state index in [0.717, 1.165) is 26.7 Å². The highest BCUT2D eigenvalue weighted by Gasteiger charge is 2.19. The van der Waals surface area contributed by atoms with Crippen LogP contribution in [0.3, 0.4) is 0 Å². The van der Waals surface area contributed by atoms with E-state index in [1.165, 1.54) is 0 Å². The molecule has 0 unspecified atom stereocenters. The second-order valence-corrected chi connectivity index (χ2v) is 7.19. The third-order valence-corrected chi connectivity index (χ3v) is 5.29. The van der Waals surface area contributed by atoms with Gasteiger partial charge in [0.05, 0.1) is 18.5 Å². The Morgan fingerprint density at radius 3 is 2.62 bits per heavy atom. The van der Waals surface area contributed by atoms with E-state index in [1.54, 1.807) is 23.0 Å². The summed E-state index contributed by atoms with van der Waals surface area (Å²) in [6.07, 6.45) is 0.710. The van der Waals surface area contributed by atoms with Crippen LogP contribution in [0.25, 0.3) is 21.3 Å². The van der Waals surface area contributed by atoms with Gasteiger partial charge in [-0.25, -0.2) is 4.98 Å². The lowest BCUT2D eigenvalue weighted by Crippen LogP contribution is -2.26. The Kier molecular flexibility index (Phi) is 5.04. The van der Waals surface area contributed by atoms with Crippen LogP contribution in [0.4, 0.5) is 0 Å². The van der Waals surface area contributed by atoms with E-state index in [-0.39, 0.29) is 5.56 Å². The minimum atomic E-state index is 0.00296. The van der Waals surface area contributed by atoms with E-state index in [9.17, 15) is 4.79 Å². The zero-order valence-corrected chi connectivity index (χ0v) is 15.5. The highest BCUT2D eigenvalue weighted by molar-refractivity contribution is 7.19. The van der Waals surface area contributed by atoms with Gasteiger partial charge < -0.3 is 4.74 Å². The molecule has 4 nitrogen and oxygen atoms in total. The van der Waals surface area contributed by atoms with Crippen molar-refractivity contribution in [3.05, 3.63) is 50.3 Å². The van der Waals surface area contributed by atoms with Crippen LogP contribution in [0.15, 0.2) is 29.1 Å². The average molecular weight is 363 g/mol. The largest absolute Gasteiger partial charge is 0.383 e. The lowest BCUT2D eigenvalue weighted by molar-refractivity contribution is 0.185. The number of halogens is 1. The van der Waals surface area contributed by atoms with Gasteiger partial charge in [-0.05, 0) is 24.6 Å². The first-order chi connectivity index (χ1) is 11.6. The van der Waals surface area contributed by atoms with Crippen molar-refractivity contribution in [2.45, 2.75) is 26.8 Å². The number of aromatic nitrogens is 2. The fourth-order valence-electron chi connectivity index (χ4n) is 2.88. The van der Waals surface area contributed by atoms with Crippen LogP contribution in [0.1, 0.15) is 17.6 Å². The van der Waals surface area contributed by atoms with E-state index in [0.29, 0.717) is 30.0 Å². The zero-order chi connectivity index (χ0) is 17.3. The molecule has 0 N–H and O–H groups in total. The van der Waals surface area contributed by atoms with Crippen molar-refractivity contribution >= 4 is 33.2 Å². The highest BCUT2D eigenvalue weighted by atomic mass is 35.5. The minimum absolute atomic E-state index is 0.00296. The van der Waals surface area contributed by atoms with E-state index in [1.807, 2.05) is 38.1 Å². The smallest absolute Gasteiger partial charge is 0.262 e. The fraction of sp³-hybridized carbons (Fsp3) is 0.333. The van der Waals surface area contributed by atoms with Crippen molar-refractivity contribution < 1.29 is 4.74 Å². The second kappa shape index (κ2) is 7.05. The van der Waals surface area contributed by atoms with Gasteiger partial charge in [-0.2, -0.15) is 0 Å². The molecule has 3 rings (SSSR count). The standard InChI is InChI=1S/C18H19ClN2O2S/c1-4-14-20-17-16(18(22)21(14)9-10-23-3)15(11(2)24-17)12-5-7-13(19)8-6-12/h5-8H,4,9-10H2,1-3H3. The molecule has 0 amide bonds. The van der Waals surface area contributed by atoms with Crippen LogP contribution < -0.4 is 5.56 Å². The summed E-state index contributed by atoms with van der Waals surface area (Å²) >= 11 is 7.56. The van der Waals surface area contributed by atoms with Gasteiger partial charge >= 0.3 is 0 Å². The summed E-state index contributed by atoms with van der Waals surface area (Å²) in [6, 6.07) is 7.58. The average Bonchev–Trinajstić information content (AvgIpc) is 2.91. The van der Waals surface area contributed by atoms with Gasteiger partial charge in [-0.1, -0.05) is 30.7 Å². The Morgan fingerprint density at radius 2 is 2.00 bits per heavy atom. The first kappa shape index (κ1) is 17.1. The van der Waals surface area contributed by atoms with Gasteiger partial charge in [-0.15, -0.1) is 11.3 Å². The summed E-state index contributed by atoms with van der Waals surface area (Å²) in [7, 11) is 1.64. The Labute approximate surface area is 149 Å². The maximum absolute atomic E-state index is 13.1. The molecule has 6 heteroatoms. The number of fused-ring (bicyclic) bond motifs is 1.